The smallest absolute Gasteiger partial charge is 0.0352 e. The van der Waals surface area contributed by atoms with Crippen LogP contribution in [0, 0.1) is 0 Å². The molecule has 0 aromatic rings. The molecule has 0 saturated heterocycles. The summed E-state index contributed by atoms with van der Waals surface area (Å²) < 4.78 is 0. The summed E-state index contributed by atoms with van der Waals surface area (Å²) in [4.78, 5) is 10.0. The van der Waals surface area contributed by atoms with Gasteiger partial charge in [0.15, 0.2) is 0 Å². The lowest BCUT2D eigenvalue weighted by molar-refractivity contribution is -0.385. The molecule has 0 bridgehead atoms. The van der Waals surface area contributed by atoms with E-state index in [4.69, 9.17) is 9.98 Å². The van der Waals surface area contributed by atoms with E-state index >= 15 is 0 Å². The van der Waals surface area contributed by atoms with Crippen LogP contribution in [0.1, 0.15) is 64.2 Å². The monoisotopic (exact) mass is 228 g/mol. The normalized spacial score (nSPS) is 24.8. The highest BCUT2D eigenvalue weighted by Gasteiger charge is 2.15. The summed E-state index contributed by atoms with van der Waals surface area (Å²) in [6, 6.07) is 0.948. The third kappa shape index (κ3) is 4.37. The predicted molar refractivity (Wildman–Crippen MR) is 62.2 cm³/mol. The van der Waals surface area contributed by atoms with Gasteiger partial charge in [-0.25, -0.2) is 0 Å². The fraction of sp³-hybridized carbons (Fsp3) is 1.00. The van der Waals surface area contributed by atoms with Crippen LogP contribution in [0.3, 0.4) is 0 Å². The first-order valence-corrected chi connectivity index (χ1v) is 6.79. The molecule has 2 aliphatic carbocycles. The van der Waals surface area contributed by atoms with E-state index < -0.39 is 0 Å². The van der Waals surface area contributed by atoms with E-state index in [0.29, 0.717) is 12.1 Å². The largest absolute Gasteiger partial charge is 0.165 e. The van der Waals surface area contributed by atoms with Crippen LogP contribution >= 0.6 is 0 Å². The maximum Gasteiger partial charge on any atom is 0.0352 e. The van der Waals surface area contributed by atoms with Crippen LogP contribution in [-0.2, 0) is 9.98 Å². The van der Waals surface area contributed by atoms with Gasteiger partial charge < -0.3 is 0 Å². The van der Waals surface area contributed by atoms with Crippen molar-refractivity contribution in [1.82, 2.24) is 11.0 Å². The van der Waals surface area contributed by atoms with Crippen molar-refractivity contribution in [3.8, 4) is 0 Å². The van der Waals surface area contributed by atoms with Gasteiger partial charge in [0.2, 0.25) is 0 Å². The van der Waals surface area contributed by atoms with Gasteiger partial charge in [-0.2, -0.15) is 11.0 Å². The maximum atomic E-state index is 5.01. The average molecular weight is 228 g/mol. The van der Waals surface area contributed by atoms with E-state index in [1.54, 1.807) is 0 Å². The molecular weight excluding hydrogens is 204 g/mol. The number of hydrogen-bond donors (Lipinski definition) is 2. The molecule has 94 valence electrons. The second-order valence-electron chi connectivity index (χ2n) is 5.07. The zero-order valence-corrected chi connectivity index (χ0v) is 10.0. The van der Waals surface area contributed by atoms with Gasteiger partial charge >= 0.3 is 0 Å². The van der Waals surface area contributed by atoms with Gasteiger partial charge in [0.25, 0.3) is 0 Å². The summed E-state index contributed by atoms with van der Waals surface area (Å²) in [6.45, 7) is 0. The minimum Gasteiger partial charge on any atom is -0.165 e. The molecule has 2 saturated carbocycles. The minimum absolute atomic E-state index is 0.474. The van der Waals surface area contributed by atoms with E-state index in [2.05, 4.69) is 11.0 Å². The second-order valence-corrected chi connectivity index (χ2v) is 5.07. The van der Waals surface area contributed by atoms with Gasteiger partial charge in [0.05, 0.1) is 0 Å². The Morgan fingerprint density at radius 3 is 1.31 bits per heavy atom. The Kier molecular flexibility index (Phi) is 5.55. The Morgan fingerprint density at radius 1 is 0.562 bits per heavy atom. The van der Waals surface area contributed by atoms with Gasteiger partial charge in [-0.05, 0) is 25.7 Å². The van der Waals surface area contributed by atoms with E-state index in [-0.39, 0.29) is 0 Å². The summed E-state index contributed by atoms with van der Waals surface area (Å²) in [6.07, 6.45) is 12.7. The Balaban J connectivity index is 1.47. The van der Waals surface area contributed by atoms with Crippen LogP contribution in [0.4, 0.5) is 0 Å². The van der Waals surface area contributed by atoms with Crippen molar-refractivity contribution in [3.63, 3.8) is 0 Å². The Bertz CT molecular complexity index is 158. The first-order chi connectivity index (χ1) is 7.95. The summed E-state index contributed by atoms with van der Waals surface area (Å²) in [7, 11) is 0. The van der Waals surface area contributed by atoms with Crippen molar-refractivity contribution in [1.29, 1.82) is 0 Å². The molecular formula is C12H24N2O2. The van der Waals surface area contributed by atoms with Gasteiger partial charge in [0, 0.05) is 12.1 Å². The molecule has 0 aromatic heterocycles. The van der Waals surface area contributed by atoms with Crippen molar-refractivity contribution < 1.29 is 9.98 Å². The van der Waals surface area contributed by atoms with Crippen LogP contribution in [0.15, 0.2) is 0 Å². The molecule has 2 aliphatic rings. The molecule has 16 heavy (non-hydrogen) atoms. The summed E-state index contributed by atoms with van der Waals surface area (Å²) >= 11 is 0. The number of hydroxylamine groups is 2. The summed E-state index contributed by atoms with van der Waals surface area (Å²) in [5, 5.41) is 0. The predicted octanol–water partition coefficient (Wildman–Crippen LogP) is 2.61. The van der Waals surface area contributed by atoms with Crippen molar-refractivity contribution in [2.75, 3.05) is 0 Å². The highest BCUT2D eigenvalue weighted by atomic mass is 17.3. The van der Waals surface area contributed by atoms with Crippen molar-refractivity contribution in [2.24, 2.45) is 0 Å². The Labute approximate surface area is 97.9 Å². The Morgan fingerprint density at radius 2 is 0.938 bits per heavy atom. The standard InChI is InChI=1S/C12H24N2O2/c1-3-7-11(8-4-1)13-15-16-14-12-9-5-2-6-10-12/h11-14H,1-10H2. The third-order valence-corrected chi connectivity index (χ3v) is 3.68. The molecule has 0 atom stereocenters. The summed E-state index contributed by atoms with van der Waals surface area (Å²) in [5.41, 5.74) is 5.95. The molecule has 0 amide bonds. The fourth-order valence-electron chi connectivity index (χ4n) is 2.63. The highest BCUT2D eigenvalue weighted by molar-refractivity contribution is 4.68. The lowest BCUT2D eigenvalue weighted by Gasteiger charge is -2.23. The van der Waals surface area contributed by atoms with Gasteiger partial charge in [0.1, 0.15) is 0 Å². The SMILES string of the molecule is C1CCC(NOONC2CCCCC2)CC1. The molecule has 0 spiro atoms. The topological polar surface area (TPSA) is 42.5 Å². The van der Waals surface area contributed by atoms with E-state index in [1.807, 2.05) is 0 Å². The number of nitrogens with one attached hydrogen (secondary N) is 2. The molecule has 0 aromatic carbocycles. The lowest BCUT2D eigenvalue weighted by atomic mass is 9.96. The molecule has 0 aliphatic heterocycles. The molecule has 2 fully saturated rings. The fourth-order valence-corrected chi connectivity index (χ4v) is 2.63. The summed E-state index contributed by atoms with van der Waals surface area (Å²) in [5.74, 6) is 0. The van der Waals surface area contributed by atoms with Crippen molar-refractivity contribution in [3.05, 3.63) is 0 Å². The quantitative estimate of drug-likeness (QED) is 0.431. The van der Waals surface area contributed by atoms with Gasteiger partial charge in [-0.15, -0.1) is 9.98 Å². The lowest BCUT2D eigenvalue weighted by Crippen LogP contribution is -2.37. The molecule has 4 heteroatoms. The van der Waals surface area contributed by atoms with Crippen LogP contribution in [0.5, 0.6) is 0 Å². The van der Waals surface area contributed by atoms with E-state index in [9.17, 15) is 0 Å². The van der Waals surface area contributed by atoms with Crippen LogP contribution in [-0.4, -0.2) is 12.1 Å². The first kappa shape index (κ1) is 12.3. The van der Waals surface area contributed by atoms with Gasteiger partial charge in [-0.3, -0.25) is 0 Å². The number of hydrogen-bond acceptors (Lipinski definition) is 4. The molecule has 0 radical (unpaired) electrons. The minimum atomic E-state index is 0.474. The van der Waals surface area contributed by atoms with E-state index in [1.165, 1.54) is 64.2 Å². The molecule has 2 N–H and O–H groups in total. The van der Waals surface area contributed by atoms with Crippen LogP contribution in [0.2, 0.25) is 0 Å². The molecule has 0 unspecified atom stereocenters. The highest BCUT2D eigenvalue weighted by Crippen LogP contribution is 2.18. The first-order valence-electron chi connectivity index (χ1n) is 6.79. The zero-order valence-electron chi connectivity index (χ0n) is 10.0. The van der Waals surface area contributed by atoms with E-state index in [0.717, 1.165) is 0 Å². The van der Waals surface area contributed by atoms with Gasteiger partial charge in [-0.1, -0.05) is 38.5 Å². The molecule has 4 nitrogen and oxygen atoms in total. The zero-order chi connectivity index (χ0) is 11.1. The molecule has 2 rings (SSSR count). The van der Waals surface area contributed by atoms with Crippen molar-refractivity contribution >= 4 is 0 Å². The maximum absolute atomic E-state index is 5.01. The van der Waals surface area contributed by atoms with Crippen LogP contribution < -0.4 is 11.0 Å². The number of rotatable bonds is 5. The second kappa shape index (κ2) is 7.22. The van der Waals surface area contributed by atoms with Crippen LogP contribution in [0.25, 0.3) is 0 Å². The molecule has 0 heterocycles. The third-order valence-electron chi connectivity index (χ3n) is 3.68. The Hall–Kier alpha value is -0.160. The van der Waals surface area contributed by atoms with Crippen molar-refractivity contribution in [2.45, 2.75) is 76.3 Å². The average Bonchev–Trinajstić information content (AvgIpc) is 2.37.